The maximum absolute atomic E-state index is 11.1. The molecule has 0 fully saturated rings. The van der Waals surface area contributed by atoms with Gasteiger partial charge in [-0.05, 0) is 12.1 Å². The number of aromatic nitrogens is 1. The normalized spacial score (nSPS) is 9.62. The van der Waals surface area contributed by atoms with Crippen LogP contribution in [0.4, 0.5) is 5.82 Å². The summed E-state index contributed by atoms with van der Waals surface area (Å²) >= 11 is 0. The van der Waals surface area contributed by atoms with Crippen molar-refractivity contribution < 1.29 is 9.90 Å². The average Bonchev–Trinajstić information content (AvgIpc) is 2.15. The van der Waals surface area contributed by atoms with Crippen LogP contribution in [0.2, 0.25) is 0 Å². The maximum atomic E-state index is 11.1. The van der Waals surface area contributed by atoms with Crippen LogP contribution < -0.4 is 5.06 Å². The van der Waals surface area contributed by atoms with Crippen LogP contribution in [-0.4, -0.2) is 22.6 Å². The number of carboxylic acid groups (broad SMARTS) is 1. The first kappa shape index (κ1) is 9.47. The van der Waals surface area contributed by atoms with Crippen molar-refractivity contribution in [3.63, 3.8) is 0 Å². The van der Waals surface area contributed by atoms with E-state index in [-0.39, 0.29) is 18.8 Å². The molecule has 0 aliphatic heterocycles. The maximum Gasteiger partial charge on any atom is 0.305 e. The van der Waals surface area contributed by atoms with Gasteiger partial charge >= 0.3 is 5.97 Å². The first-order valence-corrected chi connectivity index (χ1v) is 3.77. The van der Waals surface area contributed by atoms with Crippen molar-refractivity contribution in [2.45, 2.75) is 6.42 Å². The lowest BCUT2D eigenvalue weighted by Gasteiger charge is -2.28. The molecule has 0 spiro atoms. The Hall–Kier alpha value is -1.62. The number of hydrogen-bond acceptors (Lipinski definition) is 4. The second-order valence-corrected chi connectivity index (χ2v) is 2.43. The molecule has 0 saturated carbocycles. The predicted molar refractivity (Wildman–Crippen MR) is 47.2 cm³/mol. The van der Waals surface area contributed by atoms with Crippen molar-refractivity contribution >= 4 is 11.8 Å². The summed E-state index contributed by atoms with van der Waals surface area (Å²) in [5.74, 6) is -0.750. The largest absolute Gasteiger partial charge is 0.757 e. The van der Waals surface area contributed by atoms with Crippen LogP contribution >= 0.6 is 0 Å². The molecule has 0 bridgehead atoms. The molecule has 0 aliphatic rings. The van der Waals surface area contributed by atoms with Crippen molar-refractivity contribution in [2.24, 2.45) is 0 Å². The lowest BCUT2D eigenvalue weighted by molar-refractivity contribution is -0.136. The molecule has 1 N–H and O–H groups in total. The Bertz CT molecular complexity index is 276. The average molecular weight is 181 g/mol. The summed E-state index contributed by atoms with van der Waals surface area (Å²) in [7, 11) is 0. The number of hydroxylamine groups is 1. The molecule has 13 heavy (non-hydrogen) atoms. The van der Waals surface area contributed by atoms with Crippen LogP contribution in [0, 0.1) is 5.21 Å². The van der Waals surface area contributed by atoms with Crippen LogP contribution in [0.25, 0.3) is 0 Å². The second-order valence-electron chi connectivity index (χ2n) is 2.43. The van der Waals surface area contributed by atoms with E-state index in [2.05, 4.69) is 4.98 Å². The number of anilines is 1. The Morgan fingerprint density at radius 1 is 1.62 bits per heavy atom. The monoisotopic (exact) mass is 181 g/mol. The lowest BCUT2D eigenvalue weighted by atomic mass is 10.4. The number of nitrogens with zero attached hydrogens (tertiary/aromatic N) is 2. The summed E-state index contributed by atoms with van der Waals surface area (Å²) in [5.41, 5.74) is 0. The van der Waals surface area contributed by atoms with Gasteiger partial charge in [0.15, 0.2) is 0 Å². The zero-order valence-corrected chi connectivity index (χ0v) is 6.88. The minimum atomic E-state index is -0.989. The molecule has 5 heteroatoms. The Morgan fingerprint density at radius 3 is 2.92 bits per heavy atom. The molecule has 0 aliphatic carbocycles. The SMILES string of the molecule is O=C(O)CCN([O-])c1ccccn1. The van der Waals surface area contributed by atoms with Gasteiger partial charge in [0.1, 0.15) is 5.82 Å². The first-order valence-electron chi connectivity index (χ1n) is 3.77. The summed E-state index contributed by atoms with van der Waals surface area (Å²) < 4.78 is 0. The molecule has 1 aromatic rings. The fourth-order valence-electron chi connectivity index (χ4n) is 0.813. The van der Waals surface area contributed by atoms with E-state index in [4.69, 9.17) is 5.11 Å². The van der Waals surface area contributed by atoms with Gasteiger partial charge in [-0.2, -0.15) is 0 Å². The lowest BCUT2D eigenvalue weighted by Crippen LogP contribution is -2.19. The van der Waals surface area contributed by atoms with Crippen LogP contribution in [0.3, 0.4) is 0 Å². The van der Waals surface area contributed by atoms with Gasteiger partial charge in [0.05, 0.1) is 6.42 Å². The first-order chi connectivity index (χ1) is 6.20. The van der Waals surface area contributed by atoms with E-state index in [1.54, 1.807) is 12.1 Å². The van der Waals surface area contributed by atoms with Crippen LogP contribution in [0.5, 0.6) is 0 Å². The molecule has 0 aromatic carbocycles. The molecule has 0 radical (unpaired) electrons. The van der Waals surface area contributed by atoms with E-state index in [9.17, 15) is 10.0 Å². The molecule has 1 rings (SSSR count). The van der Waals surface area contributed by atoms with E-state index in [0.29, 0.717) is 5.06 Å². The van der Waals surface area contributed by atoms with Gasteiger partial charge in [-0.25, -0.2) is 4.98 Å². The fourth-order valence-corrected chi connectivity index (χ4v) is 0.813. The number of carboxylic acids is 1. The van der Waals surface area contributed by atoms with Gasteiger partial charge in [0.2, 0.25) is 0 Å². The molecule has 1 heterocycles. The Morgan fingerprint density at radius 2 is 2.38 bits per heavy atom. The molecule has 70 valence electrons. The zero-order valence-electron chi connectivity index (χ0n) is 6.88. The van der Waals surface area contributed by atoms with E-state index < -0.39 is 5.97 Å². The third-order valence-corrected chi connectivity index (χ3v) is 1.43. The van der Waals surface area contributed by atoms with Crippen molar-refractivity contribution in [3.8, 4) is 0 Å². The standard InChI is InChI=1S/C8H9N2O3/c11-8(12)4-6-10(13)7-3-1-2-5-9-7/h1-3,5H,4,6H2,(H,11,12)/q-1. The number of pyridine rings is 1. The van der Waals surface area contributed by atoms with Crippen molar-refractivity contribution in [1.82, 2.24) is 4.98 Å². The third kappa shape index (κ3) is 3.08. The highest BCUT2D eigenvalue weighted by Gasteiger charge is 1.99. The second kappa shape index (κ2) is 4.42. The van der Waals surface area contributed by atoms with Gasteiger partial charge in [-0.3, -0.25) is 4.79 Å². The summed E-state index contributed by atoms with van der Waals surface area (Å²) in [6, 6.07) is 4.90. The zero-order chi connectivity index (χ0) is 9.68. The number of aliphatic carboxylic acids is 1. The molecule has 0 saturated heterocycles. The van der Waals surface area contributed by atoms with Gasteiger partial charge in [0.25, 0.3) is 0 Å². The van der Waals surface area contributed by atoms with Crippen LogP contribution in [-0.2, 0) is 4.79 Å². The molecule has 1 aromatic heterocycles. The smallest absolute Gasteiger partial charge is 0.305 e. The molecule has 5 nitrogen and oxygen atoms in total. The van der Waals surface area contributed by atoms with Gasteiger partial charge < -0.3 is 15.4 Å². The summed E-state index contributed by atoms with van der Waals surface area (Å²) in [4.78, 5) is 13.9. The highest BCUT2D eigenvalue weighted by Crippen LogP contribution is 2.07. The van der Waals surface area contributed by atoms with E-state index >= 15 is 0 Å². The molecular weight excluding hydrogens is 172 g/mol. The van der Waals surface area contributed by atoms with Gasteiger partial charge in [-0.15, -0.1) is 0 Å². The number of rotatable bonds is 4. The van der Waals surface area contributed by atoms with Gasteiger partial charge in [-0.1, -0.05) is 6.07 Å². The Labute approximate surface area is 75.2 Å². The quantitative estimate of drug-likeness (QED) is 0.697. The van der Waals surface area contributed by atoms with Crippen LogP contribution in [0.1, 0.15) is 6.42 Å². The van der Waals surface area contributed by atoms with E-state index in [1.165, 1.54) is 12.3 Å². The molecule has 0 atom stereocenters. The van der Waals surface area contributed by atoms with E-state index in [0.717, 1.165) is 0 Å². The Kier molecular flexibility index (Phi) is 3.22. The van der Waals surface area contributed by atoms with Crippen molar-refractivity contribution in [2.75, 3.05) is 11.6 Å². The summed E-state index contributed by atoms with van der Waals surface area (Å²) in [5, 5.41) is 20.0. The summed E-state index contributed by atoms with van der Waals surface area (Å²) in [6.45, 7) is -0.0770. The third-order valence-electron chi connectivity index (χ3n) is 1.43. The fraction of sp³-hybridized carbons (Fsp3) is 0.250. The van der Waals surface area contributed by atoms with Crippen molar-refractivity contribution in [1.29, 1.82) is 0 Å². The van der Waals surface area contributed by atoms with Crippen LogP contribution in [0.15, 0.2) is 24.4 Å². The topological polar surface area (TPSA) is 76.5 Å². The minimum absolute atomic E-state index is 0.0770. The highest BCUT2D eigenvalue weighted by atomic mass is 16.5. The van der Waals surface area contributed by atoms with Gasteiger partial charge in [0, 0.05) is 12.7 Å². The highest BCUT2D eigenvalue weighted by molar-refractivity contribution is 5.67. The summed E-state index contributed by atoms with van der Waals surface area (Å²) in [6.07, 6.45) is 1.31. The molecule has 0 unspecified atom stereocenters. The van der Waals surface area contributed by atoms with E-state index in [1.807, 2.05) is 0 Å². The molecule has 0 amide bonds. The number of hydrogen-bond donors (Lipinski definition) is 1. The molecular formula is C8H9N2O3-. The number of carbonyl (C=O) groups is 1. The predicted octanol–water partition coefficient (Wildman–Crippen LogP) is 0.861. The Balaban J connectivity index is 2.49. The minimum Gasteiger partial charge on any atom is -0.757 e. The van der Waals surface area contributed by atoms with Crippen molar-refractivity contribution in [3.05, 3.63) is 29.6 Å².